The highest BCUT2D eigenvalue weighted by Gasteiger charge is 2.27. The number of carboxylic acid groups (broad SMARTS) is 1. The fourth-order valence-corrected chi connectivity index (χ4v) is 3.78. The Hall–Kier alpha value is -2.95. The predicted octanol–water partition coefficient (Wildman–Crippen LogP) is 5.89. The van der Waals surface area contributed by atoms with Gasteiger partial charge in [-0.15, -0.1) is 0 Å². The Morgan fingerprint density at radius 2 is 1.85 bits per heavy atom. The Balaban J connectivity index is 1.82. The molecule has 0 amide bonds. The molecule has 0 atom stereocenters. The third kappa shape index (κ3) is 3.37. The maximum atomic E-state index is 13.7. The summed E-state index contributed by atoms with van der Waals surface area (Å²) in [5, 5.41) is 9.83. The first-order chi connectivity index (χ1) is 13.0. The van der Waals surface area contributed by atoms with Crippen molar-refractivity contribution in [1.29, 1.82) is 0 Å². The van der Waals surface area contributed by atoms with Crippen molar-refractivity contribution in [3.8, 4) is 0 Å². The molecule has 5 heteroatoms. The summed E-state index contributed by atoms with van der Waals surface area (Å²) in [6.45, 7) is 1.93. The number of carbonyl (C=O) groups is 1. The van der Waals surface area contributed by atoms with Crippen molar-refractivity contribution in [3.05, 3.63) is 65.2 Å². The van der Waals surface area contributed by atoms with E-state index in [1.165, 1.54) is 12.1 Å². The lowest BCUT2D eigenvalue weighted by atomic mass is 9.96. The maximum absolute atomic E-state index is 13.7. The highest BCUT2D eigenvalue weighted by atomic mass is 19.1. The van der Waals surface area contributed by atoms with Crippen LogP contribution in [0.5, 0.6) is 0 Å². The van der Waals surface area contributed by atoms with Crippen LogP contribution in [0.3, 0.4) is 0 Å². The molecule has 0 aliphatic heterocycles. The van der Waals surface area contributed by atoms with Gasteiger partial charge in [-0.3, -0.25) is 0 Å². The summed E-state index contributed by atoms with van der Waals surface area (Å²) in [7, 11) is 0. The van der Waals surface area contributed by atoms with E-state index in [0.29, 0.717) is 17.0 Å². The lowest BCUT2D eigenvalue weighted by Crippen LogP contribution is -2.12. The molecule has 4 nitrogen and oxygen atoms in total. The van der Waals surface area contributed by atoms with E-state index < -0.39 is 5.97 Å². The Morgan fingerprint density at radius 1 is 1.15 bits per heavy atom. The van der Waals surface area contributed by atoms with Gasteiger partial charge in [0.25, 0.3) is 0 Å². The minimum Gasteiger partial charge on any atom is -0.478 e. The van der Waals surface area contributed by atoms with Gasteiger partial charge in [-0.2, -0.15) is 0 Å². The summed E-state index contributed by atoms with van der Waals surface area (Å²) < 4.78 is 19.7. The number of nitrogens with zero attached hydrogens (tertiary/aromatic N) is 1. The molecule has 3 aromatic rings. The van der Waals surface area contributed by atoms with E-state index in [1.807, 2.05) is 6.92 Å². The molecule has 0 radical (unpaired) electrons. The molecule has 1 aromatic heterocycles. The fraction of sp³-hybridized carbons (Fsp3) is 0.273. The van der Waals surface area contributed by atoms with Crippen molar-refractivity contribution in [1.82, 2.24) is 0 Å². The van der Waals surface area contributed by atoms with Gasteiger partial charge in [0.1, 0.15) is 11.4 Å². The normalized spacial score (nSPS) is 15.6. The highest BCUT2D eigenvalue weighted by Crippen LogP contribution is 2.35. The van der Waals surface area contributed by atoms with E-state index in [9.17, 15) is 9.18 Å². The Kier molecular flexibility index (Phi) is 4.52. The summed E-state index contributed by atoms with van der Waals surface area (Å²) in [5.41, 5.74) is 3.32. The predicted molar refractivity (Wildman–Crippen MR) is 102 cm³/mol. The summed E-state index contributed by atoms with van der Waals surface area (Å²) in [4.78, 5) is 15.9. The Labute approximate surface area is 156 Å². The van der Waals surface area contributed by atoms with Crippen molar-refractivity contribution in [2.75, 3.05) is 0 Å². The minimum absolute atomic E-state index is 0.228. The number of furan rings is 1. The van der Waals surface area contributed by atoms with Crippen LogP contribution in [0.4, 0.5) is 10.1 Å². The first kappa shape index (κ1) is 17.5. The van der Waals surface area contributed by atoms with Crippen LogP contribution in [0.25, 0.3) is 11.0 Å². The van der Waals surface area contributed by atoms with Gasteiger partial charge in [-0.05, 0) is 62.2 Å². The first-order valence-corrected chi connectivity index (χ1v) is 9.14. The van der Waals surface area contributed by atoms with Crippen molar-refractivity contribution >= 4 is 28.3 Å². The second-order valence-corrected chi connectivity index (χ2v) is 7.03. The molecular formula is C22H20FNO3. The van der Waals surface area contributed by atoms with E-state index in [4.69, 9.17) is 14.5 Å². The van der Waals surface area contributed by atoms with Crippen LogP contribution in [0.15, 0.2) is 51.9 Å². The first-order valence-electron chi connectivity index (χ1n) is 9.14. The summed E-state index contributed by atoms with van der Waals surface area (Å²) in [6.07, 6.45) is 4.37. The molecule has 0 saturated heterocycles. The number of rotatable bonds is 4. The Bertz CT molecular complexity index is 1030. The zero-order valence-electron chi connectivity index (χ0n) is 15.0. The molecule has 138 valence electrons. The SMILES string of the molecule is Cc1c(C(=Nc2ccc(C(=O)O)cc2)C2CCCC2)oc2ccc(F)cc12. The third-order valence-electron chi connectivity index (χ3n) is 5.24. The van der Waals surface area contributed by atoms with Gasteiger partial charge in [-0.25, -0.2) is 14.2 Å². The number of halogens is 1. The lowest BCUT2D eigenvalue weighted by Gasteiger charge is -2.12. The number of carboxylic acids is 1. The van der Waals surface area contributed by atoms with Gasteiger partial charge in [0, 0.05) is 16.9 Å². The molecule has 1 fully saturated rings. The number of aromatic carboxylic acids is 1. The fourth-order valence-electron chi connectivity index (χ4n) is 3.78. The number of hydrogen-bond acceptors (Lipinski definition) is 3. The quantitative estimate of drug-likeness (QED) is 0.586. The molecule has 0 unspecified atom stereocenters. The van der Waals surface area contributed by atoms with Gasteiger partial charge < -0.3 is 9.52 Å². The molecule has 4 rings (SSSR count). The van der Waals surface area contributed by atoms with Crippen LogP contribution in [-0.2, 0) is 0 Å². The van der Waals surface area contributed by atoms with Crippen LogP contribution in [0.2, 0.25) is 0 Å². The standard InChI is InChI=1S/C22H20FNO3/c1-13-18-12-16(23)8-11-19(18)27-21(13)20(14-4-2-3-5-14)24-17-9-6-15(7-10-17)22(25)26/h6-12,14H,2-5H2,1H3,(H,25,26). The summed E-state index contributed by atoms with van der Waals surface area (Å²) in [5.74, 6) is -0.267. The minimum atomic E-state index is -0.961. The zero-order valence-corrected chi connectivity index (χ0v) is 15.0. The topological polar surface area (TPSA) is 62.8 Å². The van der Waals surface area contributed by atoms with E-state index in [0.717, 1.165) is 42.3 Å². The van der Waals surface area contributed by atoms with Crippen molar-refractivity contribution in [2.45, 2.75) is 32.6 Å². The number of aryl methyl sites for hydroxylation is 1. The second-order valence-electron chi connectivity index (χ2n) is 7.03. The molecule has 0 spiro atoms. The molecule has 27 heavy (non-hydrogen) atoms. The third-order valence-corrected chi connectivity index (χ3v) is 5.24. The van der Waals surface area contributed by atoms with E-state index in [1.54, 1.807) is 30.3 Å². The van der Waals surface area contributed by atoms with Gasteiger partial charge in [-0.1, -0.05) is 12.8 Å². The largest absolute Gasteiger partial charge is 0.478 e. The molecule has 1 N–H and O–H groups in total. The molecular weight excluding hydrogens is 345 g/mol. The van der Waals surface area contributed by atoms with Crippen LogP contribution in [-0.4, -0.2) is 16.8 Å². The highest BCUT2D eigenvalue weighted by molar-refractivity contribution is 6.06. The van der Waals surface area contributed by atoms with Crippen LogP contribution in [0, 0.1) is 18.7 Å². The number of benzene rings is 2. The number of hydrogen-bond donors (Lipinski definition) is 1. The molecule has 2 aromatic carbocycles. The van der Waals surface area contributed by atoms with Crippen LogP contribution in [0.1, 0.15) is 47.4 Å². The summed E-state index contributed by atoms with van der Waals surface area (Å²) >= 11 is 0. The van der Waals surface area contributed by atoms with E-state index in [-0.39, 0.29) is 17.3 Å². The van der Waals surface area contributed by atoms with Crippen LogP contribution >= 0.6 is 0 Å². The average Bonchev–Trinajstić information content (AvgIpc) is 3.29. The average molecular weight is 365 g/mol. The molecule has 0 bridgehead atoms. The monoisotopic (exact) mass is 365 g/mol. The zero-order chi connectivity index (χ0) is 19.0. The maximum Gasteiger partial charge on any atom is 0.335 e. The van der Waals surface area contributed by atoms with E-state index >= 15 is 0 Å². The molecule has 1 heterocycles. The van der Waals surface area contributed by atoms with Gasteiger partial charge >= 0.3 is 5.97 Å². The lowest BCUT2D eigenvalue weighted by molar-refractivity contribution is 0.0697. The van der Waals surface area contributed by atoms with Gasteiger partial charge in [0.05, 0.1) is 17.0 Å². The van der Waals surface area contributed by atoms with E-state index in [2.05, 4.69) is 0 Å². The number of aliphatic imine (C=N–C) groups is 1. The van der Waals surface area contributed by atoms with Crippen molar-refractivity contribution in [2.24, 2.45) is 10.9 Å². The van der Waals surface area contributed by atoms with Crippen molar-refractivity contribution in [3.63, 3.8) is 0 Å². The second kappa shape index (κ2) is 6.99. The van der Waals surface area contributed by atoms with Crippen molar-refractivity contribution < 1.29 is 18.7 Å². The van der Waals surface area contributed by atoms with Crippen LogP contribution < -0.4 is 0 Å². The van der Waals surface area contributed by atoms with Gasteiger partial charge in [0.15, 0.2) is 5.76 Å². The number of fused-ring (bicyclic) bond motifs is 1. The van der Waals surface area contributed by atoms with Gasteiger partial charge in [0.2, 0.25) is 0 Å². The molecule has 1 aliphatic carbocycles. The smallest absolute Gasteiger partial charge is 0.335 e. The Morgan fingerprint density at radius 3 is 2.52 bits per heavy atom. The molecule has 1 saturated carbocycles. The molecule has 1 aliphatic rings. The summed E-state index contributed by atoms with van der Waals surface area (Å²) in [6, 6.07) is 11.0.